The molecule has 0 amide bonds. The lowest BCUT2D eigenvalue weighted by Gasteiger charge is -2.21. The maximum absolute atomic E-state index is 11.1. The Morgan fingerprint density at radius 3 is 2.05 bits per heavy atom. The van der Waals surface area contributed by atoms with Crippen LogP contribution in [0.2, 0.25) is 0 Å². The van der Waals surface area contributed by atoms with Gasteiger partial charge in [-0.25, -0.2) is 4.57 Å². The van der Waals surface area contributed by atoms with Gasteiger partial charge in [0.1, 0.15) is 0 Å². The van der Waals surface area contributed by atoms with Gasteiger partial charge in [0.15, 0.2) is 0 Å². The Morgan fingerprint density at radius 2 is 1.57 bits per heavy atom. The molecule has 0 bridgehead atoms. The summed E-state index contributed by atoms with van der Waals surface area (Å²) in [5, 5.41) is 8.52. The second-order valence-electron chi connectivity index (χ2n) is 5.04. The van der Waals surface area contributed by atoms with Gasteiger partial charge in [-0.2, -0.15) is 0 Å². The molecule has 0 fully saturated rings. The van der Waals surface area contributed by atoms with Crippen molar-refractivity contribution in [2.45, 2.75) is 64.7 Å². The molecule has 0 rings (SSSR count). The summed E-state index contributed by atoms with van der Waals surface area (Å²) in [7, 11) is -4.56. The molecule has 126 valence electrons. The zero-order valence-corrected chi connectivity index (χ0v) is 13.6. The van der Waals surface area contributed by atoms with Crippen LogP contribution in [0.15, 0.2) is 0 Å². The number of hydrogen-bond donors (Lipinski definition) is 3. The second-order valence-corrected chi connectivity index (χ2v) is 6.51. The number of carbonyl (C=O) groups is 1. The molecule has 8 heteroatoms. The fourth-order valence-electron chi connectivity index (χ4n) is 1.87. The minimum absolute atomic E-state index is 0.194. The number of nitrogens with zero attached hydrogens (tertiary/aromatic N) is 1. The van der Waals surface area contributed by atoms with Gasteiger partial charge >= 0.3 is 13.7 Å². The molecule has 0 aromatic carbocycles. The standard InChI is InChI=1S/C13H28NO6P/c1-2-3-4-5-6-7-8-9-12-20-14(21(17,18)19)11-10-13(15)16/h2-12H2,1H3,(H,15,16)(H2,17,18,19). The van der Waals surface area contributed by atoms with E-state index in [2.05, 4.69) is 6.92 Å². The zero-order chi connectivity index (χ0) is 16.1. The number of hydroxylamine groups is 1. The molecule has 0 aliphatic carbocycles. The van der Waals surface area contributed by atoms with Crippen LogP contribution in [-0.2, 0) is 14.2 Å². The van der Waals surface area contributed by atoms with Crippen LogP contribution in [0.1, 0.15) is 64.7 Å². The second kappa shape index (κ2) is 12.1. The molecule has 7 nitrogen and oxygen atoms in total. The van der Waals surface area contributed by atoms with Gasteiger partial charge in [-0.05, 0) is 6.42 Å². The summed E-state index contributed by atoms with van der Waals surface area (Å²) >= 11 is 0. The highest BCUT2D eigenvalue weighted by Gasteiger charge is 2.26. The van der Waals surface area contributed by atoms with Gasteiger partial charge in [-0.15, -0.1) is 0 Å². The molecular weight excluding hydrogens is 297 g/mol. The Hall–Kier alpha value is -0.460. The summed E-state index contributed by atoms with van der Waals surface area (Å²) in [6.07, 6.45) is 8.50. The molecule has 0 aliphatic heterocycles. The Morgan fingerprint density at radius 1 is 1.05 bits per heavy atom. The summed E-state index contributed by atoms with van der Waals surface area (Å²) in [5.74, 6) is -1.12. The minimum atomic E-state index is -4.56. The molecule has 21 heavy (non-hydrogen) atoms. The third-order valence-electron chi connectivity index (χ3n) is 3.05. The van der Waals surface area contributed by atoms with E-state index in [1.54, 1.807) is 0 Å². The van der Waals surface area contributed by atoms with Crippen molar-refractivity contribution in [2.24, 2.45) is 0 Å². The van der Waals surface area contributed by atoms with Gasteiger partial charge in [-0.1, -0.05) is 56.7 Å². The van der Waals surface area contributed by atoms with Gasteiger partial charge < -0.3 is 14.9 Å². The lowest BCUT2D eigenvalue weighted by atomic mass is 10.1. The van der Waals surface area contributed by atoms with E-state index in [0.29, 0.717) is 11.3 Å². The Balaban J connectivity index is 3.69. The summed E-state index contributed by atoms with van der Waals surface area (Å²) < 4.78 is 11.1. The van der Waals surface area contributed by atoms with Crippen molar-refractivity contribution >= 4 is 13.7 Å². The number of aliphatic carboxylic acids is 1. The van der Waals surface area contributed by atoms with E-state index >= 15 is 0 Å². The van der Waals surface area contributed by atoms with Crippen molar-refractivity contribution < 1.29 is 29.1 Å². The van der Waals surface area contributed by atoms with Crippen LogP contribution in [0.5, 0.6) is 0 Å². The molecule has 0 radical (unpaired) electrons. The number of hydrogen-bond acceptors (Lipinski definition) is 3. The van der Waals surface area contributed by atoms with Crippen molar-refractivity contribution in [1.29, 1.82) is 0 Å². The average Bonchev–Trinajstić information content (AvgIpc) is 2.38. The smallest absolute Gasteiger partial charge is 0.426 e. The molecule has 0 atom stereocenters. The van der Waals surface area contributed by atoms with Gasteiger partial charge in [0.05, 0.1) is 13.0 Å². The Bertz CT molecular complexity index is 320. The topological polar surface area (TPSA) is 107 Å². The molecule has 0 aromatic rings. The van der Waals surface area contributed by atoms with Gasteiger partial charge in [0.25, 0.3) is 0 Å². The number of carboxylic acid groups (broad SMARTS) is 1. The highest BCUT2D eigenvalue weighted by molar-refractivity contribution is 7.48. The Kier molecular flexibility index (Phi) is 11.9. The van der Waals surface area contributed by atoms with Crippen molar-refractivity contribution in [3.8, 4) is 0 Å². The molecular formula is C13H28NO6P. The molecule has 0 spiro atoms. The molecule has 0 heterocycles. The van der Waals surface area contributed by atoms with E-state index in [1.807, 2.05) is 0 Å². The van der Waals surface area contributed by atoms with Crippen LogP contribution in [0, 0.1) is 0 Å². The van der Waals surface area contributed by atoms with Gasteiger partial charge in [-0.3, -0.25) is 9.63 Å². The molecule has 0 saturated carbocycles. The highest BCUT2D eigenvalue weighted by atomic mass is 31.2. The predicted molar refractivity (Wildman–Crippen MR) is 79.6 cm³/mol. The molecule has 0 unspecified atom stereocenters. The molecule has 0 saturated heterocycles. The fraction of sp³-hybridized carbons (Fsp3) is 0.923. The van der Waals surface area contributed by atoms with Crippen LogP contribution in [0.4, 0.5) is 0 Å². The monoisotopic (exact) mass is 325 g/mol. The third kappa shape index (κ3) is 13.0. The maximum atomic E-state index is 11.1. The summed E-state index contributed by atoms with van der Waals surface area (Å²) in [6, 6.07) is 0. The molecule has 3 N–H and O–H groups in total. The van der Waals surface area contributed by atoms with Crippen LogP contribution in [-0.4, -0.2) is 38.8 Å². The predicted octanol–water partition coefficient (Wildman–Crippen LogP) is 2.93. The van der Waals surface area contributed by atoms with Crippen LogP contribution >= 0.6 is 7.75 Å². The van der Waals surface area contributed by atoms with E-state index in [-0.39, 0.29) is 19.6 Å². The zero-order valence-electron chi connectivity index (χ0n) is 12.7. The lowest BCUT2D eigenvalue weighted by molar-refractivity contribution is -0.142. The highest BCUT2D eigenvalue weighted by Crippen LogP contribution is 2.40. The minimum Gasteiger partial charge on any atom is -0.481 e. The van der Waals surface area contributed by atoms with Crippen LogP contribution < -0.4 is 0 Å². The summed E-state index contributed by atoms with van der Waals surface area (Å²) in [6.45, 7) is 2.05. The average molecular weight is 325 g/mol. The number of rotatable bonds is 14. The number of carboxylic acids is 1. The SMILES string of the molecule is CCCCCCCCCCON(CCC(=O)O)P(=O)(O)O. The molecule has 0 aliphatic rings. The van der Waals surface area contributed by atoms with E-state index in [9.17, 15) is 9.36 Å². The largest absolute Gasteiger partial charge is 0.481 e. The third-order valence-corrected chi connectivity index (χ3v) is 3.94. The quantitative estimate of drug-likeness (QED) is 0.256. The first-order valence-electron chi connectivity index (χ1n) is 7.56. The van der Waals surface area contributed by atoms with Crippen molar-refractivity contribution in [3.05, 3.63) is 0 Å². The van der Waals surface area contributed by atoms with Crippen LogP contribution in [0.25, 0.3) is 0 Å². The van der Waals surface area contributed by atoms with Crippen molar-refractivity contribution in [2.75, 3.05) is 13.2 Å². The van der Waals surface area contributed by atoms with Crippen LogP contribution in [0.3, 0.4) is 0 Å². The van der Waals surface area contributed by atoms with Gasteiger partial charge in [0.2, 0.25) is 0 Å². The van der Waals surface area contributed by atoms with Crippen molar-refractivity contribution in [1.82, 2.24) is 4.83 Å². The normalized spacial score (nSPS) is 12.0. The summed E-state index contributed by atoms with van der Waals surface area (Å²) in [5.41, 5.74) is 0. The van der Waals surface area contributed by atoms with E-state index in [0.717, 1.165) is 12.8 Å². The molecule has 0 aromatic heterocycles. The maximum Gasteiger partial charge on any atom is 0.426 e. The van der Waals surface area contributed by atoms with E-state index in [1.165, 1.54) is 32.1 Å². The lowest BCUT2D eigenvalue weighted by Crippen LogP contribution is -2.24. The fourth-order valence-corrected chi connectivity index (χ4v) is 2.46. The van der Waals surface area contributed by atoms with E-state index < -0.39 is 13.7 Å². The summed E-state index contributed by atoms with van der Waals surface area (Å²) in [4.78, 5) is 34.0. The number of unbranched alkanes of at least 4 members (excludes halogenated alkanes) is 7. The van der Waals surface area contributed by atoms with Crippen molar-refractivity contribution in [3.63, 3.8) is 0 Å². The van der Waals surface area contributed by atoms with E-state index in [4.69, 9.17) is 19.7 Å². The Labute approximate surface area is 126 Å². The first-order valence-corrected chi connectivity index (χ1v) is 9.12. The van der Waals surface area contributed by atoms with Gasteiger partial charge in [0, 0.05) is 6.54 Å². The first kappa shape index (κ1) is 20.5. The first-order chi connectivity index (χ1) is 9.88.